The number of fused-ring (bicyclic) bond motifs is 10. The van der Waals surface area contributed by atoms with Gasteiger partial charge in [0.2, 0.25) is 0 Å². The van der Waals surface area contributed by atoms with Crippen LogP contribution in [0.5, 0.6) is 0 Å². The normalized spacial score (nSPS) is 14.7. The van der Waals surface area contributed by atoms with E-state index in [9.17, 15) is 0 Å². The van der Waals surface area contributed by atoms with Crippen molar-refractivity contribution in [2.75, 3.05) is 0 Å². The van der Waals surface area contributed by atoms with Crippen molar-refractivity contribution in [2.24, 2.45) is 0 Å². The van der Waals surface area contributed by atoms with Crippen molar-refractivity contribution in [3.8, 4) is 39.9 Å². The van der Waals surface area contributed by atoms with Crippen molar-refractivity contribution in [2.45, 2.75) is 0 Å². The average molecular weight is 665 g/mol. The predicted molar refractivity (Wildman–Crippen MR) is 205 cm³/mol. The second-order valence-corrected chi connectivity index (χ2v) is 12.1. The van der Waals surface area contributed by atoms with Gasteiger partial charge >= 0.3 is 0 Å². The third kappa shape index (κ3) is 4.20. The van der Waals surface area contributed by atoms with Gasteiger partial charge in [-0.05, 0) is 42.5 Å². The number of rotatable bonds is 4. The highest BCUT2D eigenvalue weighted by Crippen LogP contribution is 2.43. The van der Waals surface area contributed by atoms with Crippen LogP contribution >= 0.6 is 0 Å². The maximum absolute atomic E-state index is 8.67. The van der Waals surface area contributed by atoms with E-state index in [1.165, 1.54) is 0 Å². The lowest BCUT2D eigenvalue weighted by Crippen LogP contribution is -2.00. The molecule has 11 rings (SSSR count). The van der Waals surface area contributed by atoms with Crippen LogP contribution in [0, 0.1) is 0 Å². The Morgan fingerprint density at radius 3 is 1.88 bits per heavy atom. The molecule has 0 unspecified atom stereocenters. The predicted octanol–water partition coefficient (Wildman–Crippen LogP) is 11.8. The quantitative estimate of drug-likeness (QED) is 0.187. The maximum atomic E-state index is 8.67. The zero-order chi connectivity index (χ0) is 42.2. The molecule has 0 N–H and O–H groups in total. The van der Waals surface area contributed by atoms with Gasteiger partial charge in [0.15, 0.2) is 23.1 Å². The Balaban J connectivity index is 1.15. The molecule has 7 aromatic carbocycles. The summed E-state index contributed by atoms with van der Waals surface area (Å²) in [5, 5.41) is 5.74. The second kappa shape index (κ2) is 10.7. The fourth-order valence-electron chi connectivity index (χ4n) is 7.08. The molecule has 0 saturated heterocycles. The summed E-state index contributed by atoms with van der Waals surface area (Å²) in [4.78, 5) is 13.6. The summed E-state index contributed by atoms with van der Waals surface area (Å²) in [7, 11) is 0. The standard InChI is InChI=1S/C45H26N4O2/c1-3-12-27(13-4-1)43-46-44(28-14-5-2-6-15-28)48-45(47-43)29-22-23-30-31-18-11-20-36(42(31)51-39(30)26-29)49-34-19-9-7-16-32(34)40-35(49)24-25-38-41(40)33-17-8-10-21-37(33)50-38/h1-26H/i1D,2D,3D,4D,5D,6D,12D,13D,14D,15D. The first-order valence-corrected chi connectivity index (χ1v) is 16.1. The molecule has 0 saturated carbocycles. The third-order valence-corrected chi connectivity index (χ3v) is 9.24. The summed E-state index contributed by atoms with van der Waals surface area (Å²) in [5.41, 5.74) is 5.04. The molecule has 4 heterocycles. The van der Waals surface area contributed by atoms with Crippen molar-refractivity contribution in [1.82, 2.24) is 19.5 Å². The molecule has 0 bridgehead atoms. The van der Waals surface area contributed by atoms with E-state index in [4.69, 9.17) is 22.5 Å². The van der Waals surface area contributed by atoms with Gasteiger partial charge in [0.1, 0.15) is 16.7 Å². The highest BCUT2D eigenvalue weighted by atomic mass is 16.3. The van der Waals surface area contributed by atoms with Crippen LogP contribution in [0.2, 0.25) is 0 Å². The summed E-state index contributed by atoms with van der Waals surface area (Å²) < 4.78 is 99.3. The third-order valence-electron chi connectivity index (χ3n) is 9.24. The minimum atomic E-state index is -0.618. The molecule has 0 aliphatic carbocycles. The molecule has 6 nitrogen and oxygen atoms in total. The Hall–Kier alpha value is -7.05. The summed E-state index contributed by atoms with van der Waals surface area (Å²) in [6.07, 6.45) is 0. The van der Waals surface area contributed by atoms with Gasteiger partial charge in [-0.25, -0.2) is 15.0 Å². The first-order chi connectivity index (χ1) is 29.4. The monoisotopic (exact) mass is 664 g/mol. The molecule has 0 aliphatic rings. The van der Waals surface area contributed by atoms with Crippen LogP contribution in [0.3, 0.4) is 0 Å². The molecule has 6 heteroatoms. The summed E-state index contributed by atoms with van der Waals surface area (Å²) in [5.74, 6) is -0.747. The van der Waals surface area contributed by atoms with Crippen LogP contribution in [-0.4, -0.2) is 19.5 Å². The highest BCUT2D eigenvalue weighted by molar-refractivity contribution is 6.27. The molecule has 0 atom stereocenters. The molecule has 11 aromatic rings. The highest BCUT2D eigenvalue weighted by Gasteiger charge is 2.21. The van der Waals surface area contributed by atoms with Crippen LogP contribution in [0.4, 0.5) is 0 Å². The van der Waals surface area contributed by atoms with E-state index >= 15 is 0 Å². The van der Waals surface area contributed by atoms with Gasteiger partial charge in [-0.3, -0.25) is 0 Å². The number of aromatic nitrogens is 4. The van der Waals surface area contributed by atoms with Gasteiger partial charge < -0.3 is 13.4 Å². The summed E-state index contributed by atoms with van der Waals surface area (Å²) in [6.45, 7) is 0. The molecule has 0 fully saturated rings. The van der Waals surface area contributed by atoms with Crippen molar-refractivity contribution in [1.29, 1.82) is 0 Å². The molecule has 51 heavy (non-hydrogen) atoms. The van der Waals surface area contributed by atoms with Gasteiger partial charge in [0, 0.05) is 49.0 Å². The zero-order valence-corrected chi connectivity index (χ0v) is 26.3. The number of para-hydroxylation sites is 3. The van der Waals surface area contributed by atoms with E-state index in [2.05, 4.69) is 43.8 Å². The molecule has 0 radical (unpaired) electrons. The van der Waals surface area contributed by atoms with Gasteiger partial charge in [0.05, 0.1) is 30.4 Å². The Kier molecular flexibility index (Phi) is 4.17. The smallest absolute Gasteiger partial charge is 0.164 e. The molecular formula is C45H26N4O2. The van der Waals surface area contributed by atoms with E-state index in [0.717, 1.165) is 60.2 Å². The number of hydrogen-bond acceptors (Lipinski definition) is 5. The van der Waals surface area contributed by atoms with E-state index in [-0.39, 0.29) is 28.6 Å². The molecule has 238 valence electrons. The van der Waals surface area contributed by atoms with Crippen molar-refractivity contribution < 1.29 is 22.5 Å². The zero-order valence-electron chi connectivity index (χ0n) is 36.3. The SMILES string of the molecule is [2H]c1c([2H])c([2H])c(-c2nc(-c3ccc4c(c3)oc3c(-n5c6ccccc6c6c7c(ccc65)oc5ccccc57)cccc34)nc(-c3c([2H])c([2H])c([2H])c([2H])c3[2H])n2)c([2H])c1[2H]. The minimum Gasteiger partial charge on any atom is -0.456 e. The fourth-order valence-corrected chi connectivity index (χ4v) is 7.08. The Labute approximate surface area is 304 Å². The number of hydrogen-bond donors (Lipinski definition) is 0. The topological polar surface area (TPSA) is 69.9 Å². The van der Waals surface area contributed by atoms with Crippen molar-refractivity contribution in [3.05, 3.63) is 157 Å². The summed E-state index contributed by atoms with van der Waals surface area (Å²) in [6, 6.07) is 25.4. The van der Waals surface area contributed by atoms with E-state index in [1.807, 2.05) is 60.7 Å². The van der Waals surface area contributed by atoms with Gasteiger partial charge in [-0.1, -0.05) is 115 Å². The molecule has 0 aliphatic heterocycles. The second-order valence-electron chi connectivity index (χ2n) is 12.1. The van der Waals surface area contributed by atoms with E-state index in [1.54, 1.807) is 12.1 Å². The number of benzene rings is 7. The Morgan fingerprint density at radius 2 is 1.12 bits per heavy atom. The molecule has 0 spiro atoms. The van der Waals surface area contributed by atoms with Crippen LogP contribution in [0.25, 0.3) is 106 Å². The molecule has 0 amide bonds. The lowest BCUT2D eigenvalue weighted by Gasteiger charge is -2.08. The lowest BCUT2D eigenvalue weighted by molar-refractivity contribution is 0.666. The van der Waals surface area contributed by atoms with Crippen molar-refractivity contribution >= 4 is 65.7 Å². The first-order valence-electron chi connectivity index (χ1n) is 21.1. The van der Waals surface area contributed by atoms with Crippen LogP contribution in [-0.2, 0) is 0 Å². The Bertz CT molecular complexity index is 3600. The van der Waals surface area contributed by atoms with Crippen molar-refractivity contribution in [3.63, 3.8) is 0 Å². The minimum absolute atomic E-state index is 0.0556. The van der Waals surface area contributed by atoms with Gasteiger partial charge in [-0.15, -0.1) is 0 Å². The van der Waals surface area contributed by atoms with E-state index in [0.29, 0.717) is 16.7 Å². The lowest BCUT2D eigenvalue weighted by atomic mass is 10.1. The van der Waals surface area contributed by atoms with Crippen LogP contribution in [0.1, 0.15) is 13.7 Å². The average Bonchev–Trinajstić information content (AvgIpc) is 3.95. The summed E-state index contributed by atoms with van der Waals surface area (Å²) >= 11 is 0. The van der Waals surface area contributed by atoms with E-state index < -0.39 is 60.4 Å². The first kappa shape index (κ1) is 19.8. The van der Waals surface area contributed by atoms with Crippen LogP contribution < -0.4 is 0 Å². The number of furan rings is 2. The Morgan fingerprint density at radius 1 is 0.451 bits per heavy atom. The molecular weight excluding hydrogens is 629 g/mol. The van der Waals surface area contributed by atoms with Crippen LogP contribution in [0.15, 0.2) is 166 Å². The van der Waals surface area contributed by atoms with Gasteiger partial charge in [-0.2, -0.15) is 0 Å². The fraction of sp³-hybridized carbons (Fsp3) is 0. The van der Waals surface area contributed by atoms with Gasteiger partial charge in [0.25, 0.3) is 0 Å². The maximum Gasteiger partial charge on any atom is 0.164 e. The molecule has 4 aromatic heterocycles. The number of nitrogens with zero attached hydrogens (tertiary/aromatic N) is 4. The largest absolute Gasteiger partial charge is 0.456 e.